The normalized spacial score (nSPS) is 20.1. The Morgan fingerprint density at radius 1 is 1.48 bits per heavy atom. The number of nitrogens with one attached hydrogen (secondary N) is 1. The van der Waals surface area contributed by atoms with Crippen molar-refractivity contribution in [2.45, 2.75) is 36.8 Å². The molecule has 0 saturated carbocycles. The summed E-state index contributed by atoms with van der Waals surface area (Å²) in [5.74, 6) is 0.574. The average Bonchev–Trinajstić information content (AvgIpc) is 2.82. The molecule has 0 spiro atoms. The van der Waals surface area contributed by atoms with Crippen molar-refractivity contribution in [1.82, 2.24) is 9.62 Å². The van der Waals surface area contributed by atoms with E-state index in [1.54, 1.807) is 20.2 Å². The Bertz CT molecular complexity index is 567. The van der Waals surface area contributed by atoms with Crippen molar-refractivity contribution in [2.24, 2.45) is 0 Å². The van der Waals surface area contributed by atoms with E-state index in [0.717, 1.165) is 19.3 Å². The van der Waals surface area contributed by atoms with Gasteiger partial charge in [0.25, 0.3) is 0 Å². The molecule has 1 fully saturated rings. The van der Waals surface area contributed by atoms with Crippen LogP contribution in [0.5, 0.6) is 0 Å². The standard InChI is InChI=1S/C13H21BrN2O4S/c1-15-8-11-7-12(13(14)20-11)21(17,18)16(2)9-10-5-3-4-6-19-10/h7,10,15H,3-6,8-9H2,1-2H3. The molecule has 0 bridgehead atoms. The van der Waals surface area contributed by atoms with Crippen LogP contribution in [0.2, 0.25) is 0 Å². The van der Waals surface area contributed by atoms with Gasteiger partial charge in [-0.05, 0) is 42.2 Å². The van der Waals surface area contributed by atoms with Crippen molar-refractivity contribution in [3.63, 3.8) is 0 Å². The van der Waals surface area contributed by atoms with Crippen molar-refractivity contribution in [3.8, 4) is 0 Å². The van der Waals surface area contributed by atoms with Crippen molar-refractivity contribution < 1.29 is 17.6 Å². The first-order valence-corrected chi connectivity index (χ1v) is 9.19. The summed E-state index contributed by atoms with van der Waals surface area (Å²) in [6.07, 6.45) is 3.01. The third kappa shape index (κ3) is 4.07. The fourth-order valence-electron chi connectivity index (χ4n) is 2.34. The van der Waals surface area contributed by atoms with E-state index in [1.165, 1.54) is 4.31 Å². The predicted octanol–water partition coefficient (Wildman–Crippen LogP) is 1.95. The second kappa shape index (κ2) is 7.23. The molecule has 2 heterocycles. The third-order valence-corrected chi connectivity index (χ3v) is 6.16. The fraction of sp³-hybridized carbons (Fsp3) is 0.692. The minimum absolute atomic E-state index is 0.0269. The van der Waals surface area contributed by atoms with Crippen LogP contribution >= 0.6 is 15.9 Å². The number of hydrogen-bond acceptors (Lipinski definition) is 5. The lowest BCUT2D eigenvalue weighted by Crippen LogP contribution is -2.37. The Balaban J connectivity index is 2.12. The molecule has 21 heavy (non-hydrogen) atoms. The number of furan rings is 1. The number of nitrogens with zero attached hydrogens (tertiary/aromatic N) is 1. The molecule has 1 aliphatic heterocycles. The van der Waals surface area contributed by atoms with Gasteiger partial charge in [0.05, 0.1) is 12.6 Å². The highest BCUT2D eigenvalue weighted by atomic mass is 79.9. The molecule has 120 valence electrons. The number of hydrogen-bond donors (Lipinski definition) is 1. The number of sulfonamides is 1. The van der Waals surface area contributed by atoms with Crippen LogP contribution in [0.25, 0.3) is 0 Å². The molecular weight excluding hydrogens is 360 g/mol. The highest BCUT2D eigenvalue weighted by molar-refractivity contribution is 9.10. The molecular formula is C13H21BrN2O4S. The second-order valence-corrected chi connectivity index (χ2v) is 7.89. The van der Waals surface area contributed by atoms with Crippen LogP contribution in [0.3, 0.4) is 0 Å². The Morgan fingerprint density at radius 3 is 2.86 bits per heavy atom. The van der Waals surface area contributed by atoms with E-state index in [0.29, 0.717) is 25.5 Å². The van der Waals surface area contributed by atoms with Crippen LogP contribution in [0, 0.1) is 0 Å². The highest BCUT2D eigenvalue weighted by Crippen LogP contribution is 2.29. The molecule has 1 saturated heterocycles. The first-order chi connectivity index (χ1) is 9.95. The molecule has 1 aliphatic rings. The lowest BCUT2D eigenvalue weighted by atomic mass is 10.1. The molecule has 1 aromatic rings. The van der Waals surface area contributed by atoms with E-state index in [4.69, 9.17) is 9.15 Å². The van der Waals surface area contributed by atoms with Crippen molar-refractivity contribution in [2.75, 3.05) is 27.2 Å². The van der Waals surface area contributed by atoms with Crippen LogP contribution in [-0.4, -0.2) is 46.1 Å². The van der Waals surface area contributed by atoms with E-state index in [9.17, 15) is 8.42 Å². The zero-order valence-electron chi connectivity index (χ0n) is 12.3. The van der Waals surface area contributed by atoms with Gasteiger partial charge >= 0.3 is 0 Å². The maximum absolute atomic E-state index is 12.6. The molecule has 0 radical (unpaired) electrons. The molecule has 1 unspecified atom stereocenters. The lowest BCUT2D eigenvalue weighted by Gasteiger charge is -2.26. The summed E-state index contributed by atoms with van der Waals surface area (Å²) in [5, 5.41) is 2.93. The SMILES string of the molecule is CNCc1cc(S(=O)(=O)N(C)CC2CCCCO2)c(Br)o1. The second-order valence-electron chi connectivity index (χ2n) is 5.16. The van der Waals surface area contributed by atoms with Gasteiger partial charge in [-0.1, -0.05) is 0 Å². The number of rotatable bonds is 6. The Labute approximate surface area is 134 Å². The molecule has 6 nitrogen and oxygen atoms in total. The van der Waals surface area contributed by atoms with E-state index in [-0.39, 0.29) is 15.7 Å². The van der Waals surface area contributed by atoms with E-state index in [1.807, 2.05) is 0 Å². The van der Waals surface area contributed by atoms with Gasteiger partial charge in [-0.25, -0.2) is 8.42 Å². The van der Waals surface area contributed by atoms with Gasteiger partial charge in [0.2, 0.25) is 10.0 Å². The fourth-order valence-corrected chi connectivity index (χ4v) is 4.50. The summed E-state index contributed by atoms with van der Waals surface area (Å²) < 4.78 is 37.8. The quantitative estimate of drug-likeness (QED) is 0.816. The Morgan fingerprint density at radius 2 is 2.24 bits per heavy atom. The number of halogens is 1. The molecule has 0 amide bonds. The van der Waals surface area contributed by atoms with Crippen molar-refractivity contribution in [3.05, 3.63) is 16.5 Å². The van der Waals surface area contributed by atoms with Crippen molar-refractivity contribution in [1.29, 1.82) is 0 Å². The molecule has 1 aromatic heterocycles. The maximum atomic E-state index is 12.6. The Kier molecular flexibility index (Phi) is 5.84. The topological polar surface area (TPSA) is 71.8 Å². The van der Waals surface area contributed by atoms with E-state index < -0.39 is 10.0 Å². The average molecular weight is 381 g/mol. The summed E-state index contributed by atoms with van der Waals surface area (Å²) in [4.78, 5) is 0.158. The summed E-state index contributed by atoms with van der Waals surface area (Å²) in [6.45, 7) is 1.55. The van der Waals surface area contributed by atoms with Gasteiger partial charge in [0, 0.05) is 26.3 Å². The molecule has 8 heteroatoms. The largest absolute Gasteiger partial charge is 0.452 e. The lowest BCUT2D eigenvalue weighted by molar-refractivity contribution is 0.00858. The monoisotopic (exact) mass is 380 g/mol. The number of likely N-dealkylation sites (N-methyl/N-ethyl adjacent to an activating group) is 1. The summed E-state index contributed by atoms with van der Waals surface area (Å²) >= 11 is 3.18. The van der Waals surface area contributed by atoms with Crippen LogP contribution < -0.4 is 5.32 Å². The summed E-state index contributed by atoms with van der Waals surface area (Å²) in [7, 11) is -0.233. The van der Waals surface area contributed by atoms with Gasteiger partial charge in [0.15, 0.2) is 4.67 Å². The number of ether oxygens (including phenoxy) is 1. The third-order valence-electron chi connectivity index (χ3n) is 3.48. The van der Waals surface area contributed by atoms with Crippen LogP contribution in [0.15, 0.2) is 20.0 Å². The first kappa shape index (κ1) is 17.0. The molecule has 1 atom stereocenters. The molecule has 0 aliphatic carbocycles. The van der Waals surface area contributed by atoms with Gasteiger partial charge in [-0.15, -0.1) is 0 Å². The highest BCUT2D eigenvalue weighted by Gasteiger charge is 2.29. The van der Waals surface area contributed by atoms with Gasteiger partial charge < -0.3 is 14.5 Å². The van der Waals surface area contributed by atoms with E-state index in [2.05, 4.69) is 21.2 Å². The molecule has 0 aromatic carbocycles. The Hall–Kier alpha value is -0.410. The van der Waals surface area contributed by atoms with Crippen LogP contribution in [0.1, 0.15) is 25.0 Å². The zero-order valence-corrected chi connectivity index (χ0v) is 14.7. The molecule has 1 N–H and O–H groups in total. The minimum Gasteiger partial charge on any atom is -0.452 e. The molecule has 2 rings (SSSR count). The van der Waals surface area contributed by atoms with Gasteiger partial charge in [-0.3, -0.25) is 0 Å². The summed E-state index contributed by atoms with van der Waals surface area (Å²) in [6, 6.07) is 1.55. The van der Waals surface area contributed by atoms with Gasteiger partial charge in [0.1, 0.15) is 10.7 Å². The maximum Gasteiger partial charge on any atom is 0.247 e. The van der Waals surface area contributed by atoms with Gasteiger partial charge in [-0.2, -0.15) is 4.31 Å². The summed E-state index contributed by atoms with van der Waals surface area (Å²) in [5.41, 5.74) is 0. The first-order valence-electron chi connectivity index (χ1n) is 6.96. The van der Waals surface area contributed by atoms with Crippen molar-refractivity contribution >= 4 is 26.0 Å². The zero-order chi connectivity index (χ0) is 15.5. The van der Waals surface area contributed by atoms with Crippen LogP contribution in [0.4, 0.5) is 0 Å². The minimum atomic E-state index is -3.58. The smallest absolute Gasteiger partial charge is 0.247 e. The predicted molar refractivity (Wildman–Crippen MR) is 82.6 cm³/mol. The van der Waals surface area contributed by atoms with E-state index >= 15 is 0 Å². The van der Waals surface area contributed by atoms with Crippen LogP contribution in [-0.2, 0) is 21.3 Å².